The fourth-order valence-corrected chi connectivity index (χ4v) is 2.82. The van der Waals surface area contributed by atoms with Gasteiger partial charge in [0.25, 0.3) is 0 Å². The van der Waals surface area contributed by atoms with Crippen molar-refractivity contribution in [2.45, 2.75) is 72.6 Å². The SMILES string of the molecule is C=C(N)OCCCC[C@@H](CCC)C(C)(C)CCC. The number of rotatable bonds is 11. The summed E-state index contributed by atoms with van der Waals surface area (Å²) in [7, 11) is 0. The Kier molecular flexibility index (Phi) is 8.95. The van der Waals surface area contributed by atoms with Crippen LogP contribution in [0.1, 0.15) is 72.6 Å². The van der Waals surface area contributed by atoms with Crippen LogP contribution in [0, 0.1) is 11.3 Å². The highest BCUT2D eigenvalue weighted by Crippen LogP contribution is 2.38. The minimum Gasteiger partial charge on any atom is -0.480 e. The summed E-state index contributed by atoms with van der Waals surface area (Å²) in [6.45, 7) is 13.7. The van der Waals surface area contributed by atoms with Crippen molar-refractivity contribution in [3.63, 3.8) is 0 Å². The lowest BCUT2D eigenvalue weighted by Gasteiger charge is -2.34. The number of hydrogen-bond acceptors (Lipinski definition) is 2. The maximum atomic E-state index is 5.37. The van der Waals surface area contributed by atoms with Crippen molar-refractivity contribution >= 4 is 0 Å². The normalized spacial score (nSPS) is 13.3. The Bertz CT molecular complexity index is 223. The van der Waals surface area contributed by atoms with Gasteiger partial charge in [0.2, 0.25) is 0 Å². The lowest BCUT2D eigenvalue weighted by atomic mass is 9.71. The molecule has 1 atom stereocenters. The van der Waals surface area contributed by atoms with E-state index in [9.17, 15) is 0 Å². The zero-order valence-corrected chi connectivity index (χ0v) is 12.9. The molecule has 0 aromatic heterocycles. The number of hydrogen-bond donors (Lipinski definition) is 1. The lowest BCUT2D eigenvalue weighted by molar-refractivity contribution is 0.155. The molecule has 0 rings (SSSR count). The maximum Gasteiger partial charge on any atom is 0.176 e. The second-order valence-corrected chi connectivity index (χ2v) is 6.03. The van der Waals surface area contributed by atoms with Crippen molar-refractivity contribution in [3.05, 3.63) is 12.5 Å². The molecular formula is C16H33NO. The summed E-state index contributed by atoms with van der Waals surface area (Å²) in [6, 6.07) is 0. The van der Waals surface area contributed by atoms with Gasteiger partial charge in [0, 0.05) is 0 Å². The van der Waals surface area contributed by atoms with Crippen LogP contribution in [0.3, 0.4) is 0 Å². The van der Waals surface area contributed by atoms with Crippen molar-refractivity contribution in [2.24, 2.45) is 17.1 Å². The van der Waals surface area contributed by atoms with Crippen LogP contribution >= 0.6 is 0 Å². The third-order valence-corrected chi connectivity index (χ3v) is 3.87. The average molecular weight is 255 g/mol. The highest BCUT2D eigenvalue weighted by Gasteiger charge is 2.27. The molecule has 0 unspecified atom stereocenters. The molecule has 0 radical (unpaired) electrons. The fourth-order valence-electron chi connectivity index (χ4n) is 2.82. The summed E-state index contributed by atoms with van der Waals surface area (Å²) in [5.74, 6) is 1.18. The average Bonchev–Trinajstić information content (AvgIpc) is 2.26. The first-order valence-electron chi connectivity index (χ1n) is 7.51. The van der Waals surface area contributed by atoms with Gasteiger partial charge in [0.05, 0.1) is 6.61 Å². The van der Waals surface area contributed by atoms with Gasteiger partial charge < -0.3 is 10.5 Å². The van der Waals surface area contributed by atoms with Gasteiger partial charge in [-0.2, -0.15) is 0 Å². The first-order chi connectivity index (χ1) is 8.44. The molecule has 0 spiro atoms. The van der Waals surface area contributed by atoms with E-state index in [4.69, 9.17) is 10.5 Å². The Morgan fingerprint density at radius 2 is 1.83 bits per heavy atom. The molecule has 0 bridgehead atoms. The summed E-state index contributed by atoms with van der Waals surface area (Å²) in [5, 5.41) is 0. The smallest absolute Gasteiger partial charge is 0.176 e. The zero-order valence-electron chi connectivity index (χ0n) is 12.9. The van der Waals surface area contributed by atoms with E-state index in [2.05, 4.69) is 34.3 Å². The molecular weight excluding hydrogens is 222 g/mol. The van der Waals surface area contributed by atoms with Crippen molar-refractivity contribution < 1.29 is 4.74 Å². The third-order valence-electron chi connectivity index (χ3n) is 3.87. The van der Waals surface area contributed by atoms with Gasteiger partial charge in [0.15, 0.2) is 5.88 Å². The first kappa shape index (κ1) is 17.3. The Hall–Kier alpha value is -0.660. The summed E-state index contributed by atoms with van der Waals surface area (Å²) < 4.78 is 5.20. The minimum atomic E-state index is 0.339. The Labute approximate surface area is 114 Å². The van der Waals surface area contributed by atoms with Crippen LogP contribution in [0.15, 0.2) is 12.5 Å². The van der Waals surface area contributed by atoms with Gasteiger partial charge in [-0.15, -0.1) is 0 Å². The van der Waals surface area contributed by atoms with E-state index in [1.165, 1.54) is 38.5 Å². The maximum absolute atomic E-state index is 5.37. The van der Waals surface area contributed by atoms with Crippen LogP contribution in [0.4, 0.5) is 0 Å². The van der Waals surface area contributed by atoms with Crippen LogP contribution in [0.2, 0.25) is 0 Å². The third kappa shape index (κ3) is 7.62. The largest absolute Gasteiger partial charge is 0.480 e. The van der Waals surface area contributed by atoms with E-state index in [1.807, 2.05) is 0 Å². The highest BCUT2D eigenvalue weighted by molar-refractivity contribution is 4.78. The second kappa shape index (κ2) is 9.29. The van der Waals surface area contributed by atoms with Crippen molar-refractivity contribution in [1.82, 2.24) is 0 Å². The van der Waals surface area contributed by atoms with Gasteiger partial charge in [-0.3, -0.25) is 0 Å². The zero-order chi connectivity index (χ0) is 14.0. The van der Waals surface area contributed by atoms with E-state index >= 15 is 0 Å². The number of ether oxygens (including phenoxy) is 1. The second-order valence-electron chi connectivity index (χ2n) is 6.03. The molecule has 108 valence electrons. The molecule has 18 heavy (non-hydrogen) atoms. The fraction of sp³-hybridized carbons (Fsp3) is 0.875. The molecule has 0 aliphatic carbocycles. The minimum absolute atomic E-state index is 0.339. The van der Waals surface area contributed by atoms with E-state index < -0.39 is 0 Å². The molecule has 0 fully saturated rings. The van der Waals surface area contributed by atoms with Crippen LogP contribution in [-0.2, 0) is 4.74 Å². The number of unbranched alkanes of at least 4 members (excludes halogenated alkanes) is 1. The quantitative estimate of drug-likeness (QED) is 0.423. The van der Waals surface area contributed by atoms with Crippen LogP contribution < -0.4 is 5.73 Å². The van der Waals surface area contributed by atoms with Crippen molar-refractivity contribution in [1.29, 1.82) is 0 Å². The summed E-state index contributed by atoms with van der Waals surface area (Å²) >= 11 is 0. The molecule has 0 heterocycles. The van der Waals surface area contributed by atoms with Gasteiger partial charge in [0.1, 0.15) is 0 Å². The topological polar surface area (TPSA) is 35.2 Å². The molecule has 0 aromatic rings. The van der Waals surface area contributed by atoms with Gasteiger partial charge >= 0.3 is 0 Å². The van der Waals surface area contributed by atoms with Gasteiger partial charge in [-0.05, 0) is 43.6 Å². The predicted octanol–water partition coefficient (Wildman–Crippen LogP) is 4.85. The molecule has 2 heteroatoms. The van der Waals surface area contributed by atoms with Crippen molar-refractivity contribution in [3.8, 4) is 0 Å². The predicted molar refractivity (Wildman–Crippen MR) is 80.2 cm³/mol. The molecule has 0 aliphatic rings. The summed E-state index contributed by atoms with van der Waals surface area (Å²) in [6.07, 6.45) is 8.85. The Morgan fingerprint density at radius 1 is 1.17 bits per heavy atom. The van der Waals surface area contributed by atoms with Crippen molar-refractivity contribution in [2.75, 3.05) is 6.61 Å². The summed E-state index contributed by atoms with van der Waals surface area (Å²) in [5.41, 5.74) is 5.85. The molecule has 2 nitrogen and oxygen atoms in total. The van der Waals surface area contributed by atoms with Crippen LogP contribution in [0.5, 0.6) is 0 Å². The first-order valence-corrected chi connectivity index (χ1v) is 7.51. The van der Waals surface area contributed by atoms with E-state index in [0.717, 1.165) is 12.3 Å². The lowest BCUT2D eigenvalue weighted by Crippen LogP contribution is -2.24. The standard InChI is InChI=1S/C16H33NO/c1-6-10-15(16(4,5)12-7-2)11-8-9-13-18-14(3)17/h15H,3,6-13,17H2,1-2,4-5H3/t15-/m1/s1. The van der Waals surface area contributed by atoms with Crippen LogP contribution in [0.25, 0.3) is 0 Å². The highest BCUT2D eigenvalue weighted by atomic mass is 16.5. The molecule has 0 saturated carbocycles. The Morgan fingerprint density at radius 3 is 2.33 bits per heavy atom. The molecule has 0 saturated heterocycles. The van der Waals surface area contributed by atoms with E-state index in [1.54, 1.807) is 0 Å². The molecule has 2 N–H and O–H groups in total. The molecule has 0 aliphatic heterocycles. The van der Waals surface area contributed by atoms with Gasteiger partial charge in [-0.25, -0.2) is 0 Å². The van der Waals surface area contributed by atoms with Crippen LogP contribution in [-0.4, -0.2) is 6.61 Å². The Balaban J connectivity index is 4.00. The van der Waals surface area contributed by atoms with E-state index in [-0.39, 0.29) is 0 Å². The molecule has 0 aromatic carbocycles. The van der Waals surface area contributed by atoms with E-state index in [0.29, 0.717) is 17.9 Å². The summed E-state index contributed by atoms with van der Waals surface area (Å²) in [4.78, 5) is 0. The number of nitrogens with two attached hydrogens (primary N) is 1. The van der Waals surface area contributed by atoms with Gasteiger partial charge in [-0.1, -0.05) is 47.0 Å². The molecule has 0 amide bonds. The monoisotopic (exact) mass is 255 g/mol.